The maximum atomic E-state index is 12.4. The molecule has 4 rings (SSSR count). The summed E-state index contributed by atoms with van der Waals surface area (Å²) in [6.07, 6.45) is 4.34. The Balaban J connectivity index is 1.59. The molecule has 1 aliphatic heterocycles. The molecule has 3 aromatic rings. The highest BCUT2D eigenvalue weighted by atomic mass is 79.9. The highest BCUT2D eigenvalue weighted by Crippen LogP contribution is 2.37. The number of aromatic nitrogens is 1. The number of halogens is 1. The number of thiazole rings is 1. The van der Waals surface area contributed by atoms with Crippen LogP contribution in [-0.2, 0) is 17.8 Å². The topological polar surface area (TPSA) is 83.7 Å². The molecule has 2 heterocycles. The van der Waals surface area contributed by atoms with Crippen molar-refractivity contribution in [3.63, 3.8) is 0 Å². The second kappa shape index (κ2) is 8.41. The van der Waals surface area contributed by atoms with Crippen LogP contribution in [-0.4, -0.2) is 21.8 Å². The zero-order valence-electron chi connectivity index (χ0n) is 16.1. The van der Waals surface area contributed by atoms with Crippen molar-refractivity contribution in [3.05, 3.63) is 72.6 Å². The van der Waals surface area contributed by atoms with E-state index in [-0.39, 0.29) is 12.4 Å². The number of para-hydroxylation sites is 2. The monoisotopic (exact) mass is 483 g/mol. The van der Waals surface area contributed by atoms with Crippen molar-refractivity contribution >= 4 is 62.4 Å². The number of rotatable bonds is 5. The lowest BCUT2D eigenvalue weighted by molar-refractivity contribution is -0.116. The molecule has 6 nitrogen and oxygen atoms in total. The highest BCUT2D eigenvalue weighted by Gasteiger charge is 2.19. The normalized spacial score (nSPS) is 13.6. The van der Waals surface area contributed by atoms with Gasteiger partial charge >= 0.3 is 4.87 Å². The molecule has 2 aromatic carbocycles. The number of allylic oxidation sites excluding steroid dienone is 1. The molecule has 1 aromatic heterocycles. The SMILES string of the molecule is CCc1cccc2c1N=C/C2=C\c1sc(=O)n(CC(=O)Nc2ccccc2Br)c1O. The summed E-state index contributed by atoms with van der Waals surface area (Å²) >= 11 is 4.26. The Morgan fingerprint density at radius 3 is 2.83 bits per heavy atom. The Bertz CT molecular complexity index is 1260. The molecule has 0 spiro atoms. The average Bonchev–Trinajstić information content (AvgIpc) is 3.26. The minimum Gasteiger partial charge on any atom is -0.493 e. The number of benzene rings is 2. The van der Waals surface area contributed by atoms with E-state index in [4.69, 9.17) is 0 Å². The van der Waals surface area contributed by atoms with Crippen molar-refractivity contribution in [2.75, 3.05) is 5.32 Å². The molecule has 0 unspecified atom stereocenters. The van der Waals surface area contributed by atoms with E-state index in [1.807, 2.05) is 24.3 Å². The second-order valence-corrected chi connectivity index (χ2v) is 8.54. The Morgan fingerprint density at radius 2 is 2.07 bits per heavy atom. The van der Waals surface area contributed by atoms with Gasteiger partial charge in [-0.3, -0.25) is 19.1 Å². The Kier molecular flexibility index (Phi) is 5.69. The van der Waals surface area contributed by atoms with E-state index in [0.29, 0.717) is 10.6 Å². The third kappa shape index (κ3) is 3.88. The summed E-state index contributed by atoms with van der Waals surface area (Å²) in [6.45, 7) is 1.79. The van der Waals surface area contributed by atoms with Crippen LogP contribution < -0.4 is 10.2 Å². The molecule has 0 atom stereocenters. The lowest BCUT2D eigenvalue weighted by Crippen LogP contribution is -2.24. The van der Waals surface area contributed by atoms with Gasteiger partial charge in [-0.15, -0.1) is 0 Å². The molecule has 0 saturated heterocycles. The van der Waals surface area contributed by atoms with E-state index in [1.165, 1.54) is 0 Å². The number of fused-ring (bicyclic) bond motifs is 1. The van der Waals surface area contributed by atoms with Gasteiger partial charge in [0.1, 0.15) is 6.54 Å². The zero-order valence-corrected chi connectivity index (χ0v) is 18.5. The van der Waals surface area contributed by atoms with Gasteiger partial charge in [0.05, 0.1) is 16.3 Å². The number of amides is 1. The summed E-state index contributed by atoms with van der Waals surface area (Å²) in [6, 6.07) is 13.2. The van der Waals surface area contributed by atoms with E-state index >= 15 is 0 Å². The van der Waals surface area contributed by atoms with Crippen LogP contribution in [0.25, 0.3) is 11.6 Å². The van der Waals surface area contributed by atoms with Crippen LogP contribution in [0.15, 0.2) is 56.7 Å². The van der Waals surface area contributed by atoms with Gasteiger partial charge in [0.25, 0.3) is 0 Å². The van der Waals surface area contributed by atoms with Crippen molar-refractivity contribution in [2.45, 2.75) is 19.9 Å². The lowest BCUT2D eigenvalue weighted by atomic mass is 10.0. The van der Waals surface area contributed by atoms with Crippen molar-refractivity contribution in [2.24, 2.45) is 4.99 Å². The van der Waals surface area contributed by atoms with Gasteiger partial charge in [-0.05, 0) is 46.1 Å². The number of nitrogens with one attached hydrogen (secondary N) is 1. The van der Waals surface area contributed by atoms with Crippen molar-refractivity contribution < 1.29 is 9.90 Å². The highest BCUT2D eigenvalue weighted by molar-refractivity contribution is 9.10. The number of carbonyl (C=O) groups is 1. The Labute approximate surface area is 185 Å². The number of aliphatic imine (C=N–C) groups is 1. The first-order valence-electron chi connectivity index (χ1n) is 9.33. The van der Waals surface area contributed by atoms with Crippen molar-refractivity contribution in [1.29, 1.82) is 0 Å². The molecule has 0 bridgehead atoms. The minimum absolute atomic E-state index is 0.228. The molecule has 1 amide bonds. The van der Waals surface area contributed by atoms with E-state index in [1.54, 1.807) is 30.5 Å². The maximum absolute atomic E-state index is 12.4. The molecule has 8 heteroatoms. The molecule has 152 valence electrons. The molecule has 0 aliphatic carbocycles. The summed E-state index contributed by atoms with van der Waals surface area (Å²) in [7, 11) is 0. The first kappa shape index (κ1) is 20.3. The third-order valence-corrected chi connectivity index (χ3v) is 6.38. The third-order valence-electron chi connectivity index (χ3n) is 4.77. The Morgan fingerprint density at radius 1 is 1.27 bits per heavy atom. The number of nitrogens with zero attached hydrogens (tertiary/aromatic N) is 2. The summed E-state index contributed by atoms with van der Waals surface area (Å²) in [5.41, 5.74) is 4.45. The summed E-state index contributed by atoms with van der Waals surface area (Å²) in [4.78, 5) is 29.3. The van der Waals surface area contributed by atoms with E-state index in [2.05, 4.69) is 33.2 Å². The van der Waals surface area contributed by atoms with Gasteiger partial charge in [-0.2, -0.15) is 0 Å². The number of hydrogen-bond acceptors (Lipinski definition) is 5. The van der Waals surface area contributed by atoms with Gasteiger partial charge < -0.3 is 10.4 Å². The van der Waals surface area contributed by atoms with Crippen LogP contribution in [0.5, 0.6) is 5.88 Å². The van der Waals surface area contributed by atoms with Crippen LogP contribution in [0, 0.1) is 0 Å². The molecule has 0 fully saturated rings. The van der Waals surface area contributed by atoms with Gasteiger partial charge in [0, 0.05) is 21.8 Å². The predicted molar refractivity (Wildman–Crippen MR) is 125 cm³/mol. The second-order valence-electron chi connectivity index (χ2n) is 6.69. The maximum Gasteiger partial charge on any atom is 0.311 e. The molecular weight excluding hydrogens is 466 g/mol. The number of carbonyl (C=O) groups excluding carboxylic acids is 1. The number of aryl methyl sites for hydroxylation is 1. The average molecular weight is 484 g/mol. The number of anilines is 1. The van der Waals surface area contributed by atoms with Gasteiger partial charge in [0.15, 0.2) is 0 Å². The first-order chi connectivity index (χ1) is 14.5. The summed E-state index contributed by atoms with van der Waals surface area (Å²) in [5, 5.41) is 13.3. The summed E-state index contributed by atoms with van der Waals surface area (Å²) in [5.74, 6) is -0.634. The van der Waals surface area contributed by atoms with E-state index in [0.717, 1.165) is 49.2 Å². The van der Waals surface area contributed by atoms with E-state index in [9.17, 15) is 14.7 Å². The fraction of sp³-hybridized carbons (Fsp3) is 0.136. The fourth-order valence-electron chi connectivity index (χ4n) is 3.27. The minimum atomic E-state index is -0.406. The molecule has 1 aliphatic rings. The smallest absolute Gasteiger partial charge is 0.311 e. The molecule has 0 saturated carbocycles. The van der Waals surface area contributed by atoms with Crippen molar-refractivity contribution in [1.82, 2.24) is 4.57 Å². The lowest BCUT2D eigenvalue weighted by Gasteiger charge is -2.08. The predicted octanol–water partition coefficient (Wildman–Crippen LogP) is 4.84. The van der Waals surface area contributed by atoms with Crippen LogP contribution in [0.1, 0.15) is 22.9 Å². The van der Waals surface area contributed by atoms with Crippen LogP contribution in [0.3, 0.4) is 0 Å². The van der Waals surface area contributed by atoms with Crippen LogP contribution in [0.2, 0.25) is 0 Å². The standard InChI is InChI=1S/C22H18BrN3O3S/c1-2-13-6-5-7-15-14(11-24-20(13)15)10-18-21(28)26(22(29)30-18)12-19(27)25-17-9-4-3-8-16(17)23/h3-11,28H,2,12H2,1H3,(H,25,27)/b14-10+. The fourth-order valence-corrected chi connectivity index (χ4v) is 4.49. The van der Waals surface area contributed by atoms with Crippen molar-refractivity contribution in [3.8, 4) is 5.88 Å². The van der Waals surface area contributed by atoms with E-state index < -0.39 is 10.8 Å². The van der Waals surface area contributed by atoms with Gasteiger partial charge in [-0.1, -0.05) is 48.6 Å². The number of hydrogen-bond donors (Lipinski definition) is 2. The number of aromatic hydroxyl groups is 1. The molecule has 0 radical (unpaired) electrons. The zero-order chi connectivity index (χ0) is 21.3. The largest absolute Gasteiger partial charge is 0.493 e. The van der Waals surface area contributed by atoms with Gasteiger partial charge in [0.2, 0.25) is 11.8 Å². The summed E-state index contributed by atoms with van der Waals surface area (Å²) < 4.78 is 1.80. The van der Waals surface area contributed by atoms with Crippen LogP contribution >= 0.6 is 27.3 Å². The molecule has 30 heavy (non-hydrogen) atoms. The molecule has 2 N–H and O–H groups in total. The van der Waals surface area contributed by atoms with Gasteiger partial charge in [-0.25, -0.2) is 0 Å². The first-order valence-corrected chi connectivity index (χ1v) is 10.9. The van der Waals surface area contributed by atoms with Crippen LogP contribution in [0.4, 0.5) is 11.4 Å². The quantitative estimate of drug-likeness (QED) is 0.544. The molecular formula is C22H18BrN3O3S. The Hall–Kier alpha value is -2.97.